The van der Waals surface area contributed by atoms with Crippen molar-refractivity contribution in [3.8, 4) is 28.7 Å². The molecule has 0 aliphatic carbocycles. The van der Waals surface area contributed by atoms with Crippen molar-refractivity contribution in [1.29, 1.82) is 0 Å². The van der Waals surface area contributed by atoms with Gasteiger partial charge < -0.3 is 28.8 Å². The number of pyridine rings is 2. The maximum Gasteiger partial charge on any atom is 0.243 e. The largest absolute Gasteiger partial charge is 0.486 e. The first-order valence-electron chi connectivity index (χ1n) is 19.3. The van der Waals surface area contributed by atoms with E-state index in [0.717, 1.165) is 27.8 Å². The predicted molar refractivity (Wildman–Crippen MR) is 216 cm³/mol. The highest BCUT2D eigenvalue weighted by molar-refractivity contribution is 7.89. The van der Waals surface area contributed by atoms with E-state index in [-0.39, 0.29) is 36.0 Å². The van der Waals surface area contributed by atoms with E-state index in [0.29, 0.717) is 72.1 Å². The minimum Gasteiger partial charge on any atom is -0.486 e. The van der Waals surface area contributed by atoms with Crippen LogP contribution in [0.15, 0.2) is 125 Å². The molecule has 16 heteroatoms. The number of fused-ring (bicyclic) bond motifs is 4. The van der Waals surface area contributed by atoms with Gasteiger partial charge in [-0.2, -0.15) is 8.61 Å². The minimum atomic E-state index is -3.87. The summed E-state index contributed by atoms with van der Waals surface area (Å²) in [4.78, 5) is 9.54. The van der Waals surface area contributed by atoms with Crippen molar-refractivity contribution in [2.24, 2.45) is 0 Å². The van der Waals surface area contributed by atoms with E-state index in [4.69, 9.17) is 28.7 Å². The van der Waals surface area contributed by atoms with Crippen LogP contribution in [0.4, 0.5) is 0 Å². The van der Waals surface area contributed by atoms with Crippen LogP contribution < -0.4 is 23.7 Å². The van der Waals surface area contributed by atoms with Crippen molar-refractivity contribution >= 4 is 20.0 Å². The molecule has 0 spiro atoms. The van der Waals surface area contributed by atoms with Gasteiger partial charge in [0.15, 0.2) is 29.1 Å². The molecule has 10 rings (SSSR count). The summed E-state index contributed by atoms with van der Waals surface area (Å²) in [5.74, 6) is 2.28. The Morgan fingerprint density at radius 2 is 1.03 bits per heavy atom. The van der Waals surface area contributed by atoms with Crippen molar-refractivity contribution in [2.45, 2.75) is 48.2 Å². The van der Waals surface area contributed by atoms with Crippen LogP contribution in [0.2, 0.25) is 0 Å². The SMILES string of the molecule is O=S(=O)(c1ccc2c(c1)OCCO2)N1Cc2cnc([C@@H](O)c3cccc(O[C@H](c4ccccc4)c4cc5c(cn4)CN(S(=O)(=O)c4ccc6c(c4)OCCO6)C5)c3)cc2C1. The van der Waals surface area contributed by atoms with E-state index in [9.17, 15) is 21.9 Å². The van der Waals surface area contributed by atoms with E-state index < -0.39 is 32.3 Å². The van der Waals surface area contributed by atoms with Gasteiger partial charge in [0.05, 0.1) is 21.2 Å². The fourth-order valence-electron chi connectivity index (χ4n) is 7.83. The first-order chi connectivity index (χ1) is 29.1. The molecule has 60 heavy (non-hydrogen) atoms. The van der Waals surface area contributed by atoms with Gasteiger partial charge in [-0.05, 0) is 81.9 Å². The second-order valence-corrected chi connectivity index (χ2v) is 18.7. The normalized spacial score (nSPS) is 17.1. The summed E-state index contributed by atoms with van der Waals surface area (Å²) in [6.45, 7) is 2.09. The molecule has 14 nitrogen and oxygen atoms in total. The molecular formula is C44H38N4O10S2. The van der Waals surface area contributed by atoms with E-state index in [1.165, 1.54) is 32.9 Å². The summed E-state index contributed by atoms with van der Waals surface area (Å²) >= 11 is 0. The lowest BCUT2D eigenvalue weighted by Gasteiger charge is -2.21. The van der Waals surface area contributed by atoms with Gasteiger partial charge in [-0.3, -0.25) is 9.97 Å². The molecule has 4 aromatic carbocycles. The van der Waals surface area contributed by atoms with Crippen LogP contribution in [0.5, 0.6) is 28.7 Å². The zero-order chi connectivity index (χ0) is 41.0. The van der Waals surface area contributed by atoms with Crippen LogP contribution in [0.25, 0.3) is 0 Å². The van der Waals surface area contributed by atoms with Gasteiger partial charge in [-0.25, -0.2) is 16.8 Å². The molecule has 1 N–H and O–H groups in total. The molecule has 6 aromatic rings. The third kappa shape index (κ3) is 7.09. The van der Waals surface area contributed by atoms with Gasteiger partial charge in [-0.15, -0.1) is 0 Å². The average molecular weight is 847 g/mol. The Hall–Kier alpha value is -6.04. The second-order valence-electron chi connectivity index (χ2n) is 14.8. The number of hydrogen-bond donors (Lipinski definition) is 1. The zero-order valence-electron chi connectivity index (χ0n) is 32.0. The number of aromatic nitrogens is 2. The molecule has 2 atom stereocenters. The number of sulfonamides is 2. The zero-order valence-corrected chi connectivity index (χ0v) is 33.6. The summed E-state index contributed by atoms with van der Waals surface area (Å²) in [7, 11) is -7.73. The number of benzene rings is 4. The second kappa shape index (κ2) is 15.2. The Morgan fingerprint density at radius 1 is 0.533 bits per heavy atom. The van der Waals surface area contributed by atoms with E-state index in [1.54, 1.807) is 54.9 Å². The van der Waals surface area contributed by atoms with Gasteiger partial charge in [0.25, 0.3) is 0 Å². The fourth-order valence-corrected chi connectivity index (χ4v) is 10.7. The molecule has 6 heterocycles. The molecular weight excluding hydrogens is 809 g/mol. The van der Waals surface area contributed by atoms with Gasteiger partial charge in [0, 0.05) is 50.7 Å². The standard InChI is InChI=1S/C44H38N4O10S2/c49-43(37-18-30-24-47(26-32(30)22-45-37)59(50,51)35-9-11-39-41(20-35)56-15-13-54-39)29-7-4-8-34(17-29)58-44(28-5-2-1-3-6-28)38-19-31-25-48(27-33(31)23-46-38)60(52,53)36-10-12-40-42(21-36)57-16-14-55-40/h1-12,17-23,43-44,49H,13-16,24-27H2/t43-,44+/m0/s1. The van der Waals surface area contributed by atoms with Crippen LogP contribution in [-0.4, -0.2) is 66.9 Å². The molecule has 4 aliphatic heterocycles. The summed E-state index contributed by atoms with van der Waals surface area (Å²) < 4.78 is 86.8. The number of nitrogens with zero attached hydrogens (tertiary/aromatic N) is 4. The average Bonchev–Trinajstić information content (AvgIpc) is 3.93. The highest BCUT2D eigenvalue weighted by Gasteiger charge is 2.35. The van der Waals surface area contributed by atoms with Crippen molar-refractivity contribution < 1.29 is 45.6 Å². The topological polar surface area (TPSA) is 167 Å². The van der Waals surface area contributed by atoms with Gasteiger partial charge in [0.1, 0.15) is 38.3 Å². The third-order valence-corrected chi connectivity index (χ3v) is 14.6. The van der Waals surface area contributed by atoms with E-state index in [2.05, 4.69) is 4.98 Å². The quantitative estimate of drug-likeness (QED) is 0.180. The van der Waals surface area contributed by atoms with Crippen molar-refractivity contribution in [2.75, 3.05) is 26.4 Å². The van der Waals surface area contributed by atoms with Crippen LogP contribution in [0, 0.1) is 0 Å². The van der Waals surface area contributed by atoms with Crippen LogP contribution >= 0.6 is 0 Å². The Bertz CT molecular complexity index is 2860. The number of aliphatic hydroxyl groups is 1. The Labute approximate surface area is 346 Å². The maximum absolute atomic E-state index is 13.8. The molecule has 0 unspecified atom stereocenters. The number of rotatable bonds is 10. The lowest BCUT2D eigenvalue weighted by Crippen LogP contribution is -2.26. The molecule has 0 bridgehead atoms. The molecule has 0 saturated heterocycles. The van der Waals surface area contributed by atoms with Crippen molar-refractivity contribution in [3.63, 3.8) is 0 Å². The first-order valence-corrected chi connectivity index (χ1v) is 22.2. The Kier molecular flexibility index (Phi) is 9.68. The Morgan fingerprint density at radius 3 is 1.62 bits per heavy atom. The third-order valence-electron chi connectivity index (χ3n) is 11.0. The van der Waals surface area contributed by atoms with Crippen LogP contribution in [0.3, 0.4) is 0 Å². The van der Waals surface area contributed by atoms with Crippen molar-refractivity contribution in [3.05, 3.63) is 160 Å². The minimum absolute atomic E-state index is 0.108. The summed E-state index contributed by atoms with van der Waals surface area (Å²) in [5.41, 5.74) is 5.40. The van der Waals surface area contributed by atoms with E-state index >= 15 is 0 Å². The number of aliphatic hydroxyl groups excluding tert-OH is 1. The molecule has 0 fully saturated rings. The Balaban J connectivity index is 0.868. The first kappa shape index (κ1) is 38.2. The lowest BCUT2D eigenvalue weighted by molar-refractivity contribution is 0.171. The van der Waals surface area contributed by atoms with Gasteiger partial charge >= 0.3 is 0 Å². The monoisotopic (exact) mass is 846 g/mol. The summed E-state index contributed by atoms with van der Waals surface area (Å²) in [6.07, 6.45) is 1.50. The highest BCUT2D eigenvalue weighted by atomic mass is 32.2. The molecule has 0 radical (unpaired) electrons. The molecule has 0 saturated carbocycles. The molecule has 0 amide bonds. The van der Waals surface area contributed by atoms with Crippen LogP contribution in [-0.2, 0) is 46.2 Å². The fraction of sp³-hybridized carbons (Fsp3) is 0.227. The number of hydrogen-bond acceptors (Lipinski definition) is 12. The number of ether oxygens (including phenoxy) is 5. The highest BCUT2D eigenvalue weighted by Crippen LogP contribution is 2.39. The smallest absolute Gasteiger partial charge is 0.243 e. The van der Waals surface area contributed by atoms with E-state index in [1.807, 2.05) is 36.4 Å². The molecule has 4 aliphatic rings. The van der Waals surface area contributed by atoms with Crippen molar-refractivity contribution in [1.82, 2.24) is 18.6 Å². The maximum atomic E-state index is 13.8. The predicted octanol–water partition coefficient (Wildman–Crippen LogP) is 5.68. The van der Waals surface area contributed by atoms with Gasteiger partial charge in [0.2, 0.25) is 20.0 Å². The molecule has 2 aromatic heterocycles. The van der Waals surface area contributed by atoms with Crippen LogP contribution in [0.1, 0.15) is 57.0 Å². The lowest BCUT2D eigenvalue weighted by atomic mass is 10.0. The summed E-state index contributed by atoms with van der Waals surface area (Å²) in [5, 5.41) is 11.6. The summed E-state index contributed by atoms with van der Waals surface area (Å²) in [6, 6.07) is 29.6. The molecule has 306 valence electrons. The van der Waals surface area contributed by atoms with Gasteiger partial charge in [-0.1, -0.05) is 42.5 Å².